The topological polar surface area (TPSA) is 138 Å². The van der Waals surface area contributed by atoms with Crippen molar-refractivity contribution < 1.29 is 27.7 Å². The summed E-state index contributed by atoms with van der Waals surface area (Å²) in [6, 6.07) is 6.97. The first-order chi connectivity index (χ1) is 14.6. The molecule has 1 aromatic carbocycles. The van der Waals surface area contributed by atoms with Gasteiger partial charge in [-0.2, -0.15) is 18.3 Å². The molecule has 0 aliphatic heterocycles. The van der Waals surface area contributed by atoms with E-state index in [-0.39, 0.29) is 28.7 Å². The maximum absolute atomic E-state index is 13.4. The molecule has 1 aliphatic rings. The Morgan fingerprint density at radius 2 is 1.94 bits per heavy atom. The van der Waals surface area contributed by atoms with E-state index in [0.717, 1.165) is 25.0 Å². The number of hydrogen-bond acceptors (Lipinski definition) is 7. The number of aromatic nitrogens is 3. The predicted molar refractivity (Wildman–Crippen MR) is 99.2 cm³/mol. The minimum absolute atomic E-state index is 0.0394. The minimum atomic E-state index is -4.70. The molecule has 0 bridgehead atoms. The number of hydrogen-bond donors (Lipinski definition) is 1. The Kier molecular flexibility index (Phi) is 4.79. The van der Waals surface area contributed by atoms with Crippen LogP contribution in [-0.2, 0) is 11.0 Å². The van der Waals surface area contributed by atoms with Crippen LogP contribution in [0.2, 0.25) is 0 Å². The maximum Gasteiger partial charge on any atom is 0.433 e. The highest BCUT2D eigenvalue weighted by molar-refractivity contribution is 5.98. The lowest BCUT2D eigenvalue weighted by Crippen LogP contribution is -2.16. The molecule has 2 aromatic heterocycles. The average molecular weight is 434 g/mol. The van der Waals surface area contributed by atoms with Crippen LogP contribution < -0.4 is 5.73 Å². The molecule has 0 atom stereocenters. The maximum atomic E-state index is 13.4. The SMILES string of the molecule is N/C(=N\OC(=O)c1cc2nc(C3CC3)cc(C(F)(F)F)n2n1)c1ccc([N+](=O)[O-])cc1. The number of oxime groups is 1. The van der Waals surface area contributed by atoms with Crippen LogP contribution in [0.4, 0.5) is 18.9 Å². The zero-order valence-corrected chi connectivity index (χ0v) is 15.5. The molecular weight excluding hydrogens is 421 g/mol. The van der Waals surface area contributed by atoms with Crippen LogP contribution in [0, 0.1) is 10.1 Å². The number of amidine groups is 1. The summed E-state index contributed by atoms with van der Waals surface area (Å²) in [5, 5.41) is 17.7. The zero-order valence-electron chi connectivity index (χ0n) is 15.5. The molecule has 2 heterocycles. The smallest absolute Gasteiger partial charge is 0.380 e. The number of rotatable bonds is 5. The summed E-state index contributed by atoms with van der Waals surface area (Å²) < 4.78 is 40.8. The zero-order chi connectivity index (χ0) is 22.3. The molecule has 160 valence electrons. The summed E-state index contributed by atoms with van der Waals surface area (Å²) in [4.78, 5) is 31.1. The van der Waals surface area contributed by atoms with E-state index < -0.39 is 28.5 Å². The lowest BCUT2D eigenvalue weighted by molar-refractivity contribution is -0.384. The number of carbonyl (C=O) groups excluding carboxylic acids is 1. The quantitative estimate of drug-likeness (QED) is 0.214. The molecule has 0 radical (unpaired) electrons. The molecule has 0 saturated heterocycles. The van der Waals surface area contributed by atoms with Crippen LogP contribution in [0.1, 0.15) is 46.2 Å². The second kappa shape index (κ2) is 7.34. The number of alkyl halides is 3. The van der Waals surface area contributed by atoms with Gasteiger partial charge in [-0.15, -0.1) is 0 Å². The van der Waals surface area contributed by atoms with Crippen LogP contribution in [-0.4, -0.2) is 31.3 Å². The molecule has 0 unspecified atom stereocenters. The van der Waals surface area contributed by atoms with Crippen LogP contribution in [0.15, 0.2) is 41.6 Å². The Hall–Kier alpha value is -4.03. The van der Waals surface area contributed by atoms with Crippen molar-refractivity contribution in [3.05, 3.63) is 69.2 Å². The molecule has 3 aromatic rings. The van der Waals surface area contributed by atoms with E-state index in [9.17, 15) is 28.1 Å². The van der Waals surface area contributed by atoms with Gasteiger partial charge in [-0.3, -0.25) is 10.1 Å². The van der Waals surface area contributed by atoms with Crippen molar-refractivity contribution in [1.29, 1.82) is 0 Å². The summed E-state index contributed by atoms with van der Waals surface area (Å²) in [5.74, 6) is -1.45. The van der Waals surface area contributed by atoms with Gasteiger partial charge < -0.3 is 10.6 Å². The van der Waals surface area contributed by atoms with E-state index in [2.05, 4.69) is 20.1 Å². The number of fused-ring (bicyclic) bond motifs is 1. The highest BCUT2D eigenvalue weighted by Crippen LogP contribution is 2.41. The number of halogens is 3. The normalized spacial score (nSPS) is 14.6. The number of nitro groups is 1. The van der Waals surface area contributed by atoms with E-state index in [1.807, 2.05) is 0 Å². The number of carbonyl (C=O) groups is 1. The Balaban J connectivity index is 1.59. The van der Waals surface area contributed by atoms with Gasteiger partial charge in [0.25, 0.3) is 5.69 Å². The number of benzene rings is 1. The van der Waals surface area contributed by atoms with Crippen LogP contribution in [0.5, 0.6) is 0 Å². The minimum Gasteiger partial charge on any atom is -0.380 e. The molecule has 4 rings (SSSR count). The van der Waals surface area contributed by atoms with Gasteiger partial charge in [-0.05, 0) is 31.0 Å². The second-order valence-corrected chi connectivity index (χ2v) is 6.80. The molecular formula is C18H13F3N6O4. The van der Waals surface area contributed by atoms with Gasteiger partial charge in [0.05, 0.1) is 4.92 Å². The highest BCUT2D eigenvalue weighted by atomic mass is 19.4. The van der Waals surface area contributed by atoms with Crippen molar-refractivity contribution in [1.82, 2.24) is 14.6 Å². The van der Waals surface area contributed by atoms with Crippen molar-refractivity contribution in [2.45, 2.75) is 24.9 Å². The lowest BCUT2D eigenvalue weighted by Gasteiger charge is -2.10. The van der Waals surface area contributed by atoms with Crippen molar-refractivity contribution in [2.75, 3.05) is 0 Å². The van der Waals surface area contributed by atoms with E-state index in [1.165, 1.54) is 24.3 Å². The molecule has 1 saturated carbocycles. The third-order valence-corrected chi connectivity index (χ3v) is 4.54. The van der Waals surface area contributed by atoms with Crippen molar-refractivity contribution in [2.24, 2.45) is 10.9 Å². The summed E-state index contributed by atoms with van der Waals surface area (Å²) in [6.45, 7) is 0. The van der Waals surface area contributed by atoms with Gasteiger partial charge in [0.15, 0.2) is 17.2 Å². The van der Waals surface area contributed by atoms with Gasteiger partial charge in [-0.1, -0.05) is 5.16 Å². The Labute approximate surface area is 171 Å². The number of nitrogens with two attached hydrogens (primary N) is 1. The van der Waals surface area contributed by atoms with Crippen molar-refractivity contribution in [3.63, 3.8) is 0 Å². The molecule has 13 heteroatoms. The fourth-order valence-electron chi connectivity index (χ4n) is 2.83. The third-order valence-electron chi connectivity index (χ3n) is 4.54. The number of nitro benzene ring substituents is 1. The van der Waals surface area contributed by atoms with E-state index in [1.54, 1.807) is 0 Å². The van der Waals surface area contributed by atoms with Gasteiger partial charge >= 0.3 is 12.1 Å². The molecule has 0 amide bonds. The molecule has 0 spiro atoms. The van der Waals surface area contributed by atoms with Crippen molar-refractivity contribution >= 4 is 23.1 Å². The Morgan fingerprint density at radius 3 is 2.52 bits per heavy atom. The van der Waals surface area contributed by atoms with E-state index >= 15 is 0 Å². The fourth-order valence-corrected chi connectivity index (χ4v) is 2.83. The van der Waals surface area contributed by atoms with Crippen LogP contribution >= 0.6 is 0 Å². The fraction of sp³-hybridized carbons (Fsp3) is 0.222. The van der Waals surface area contributed by atoms with Gasteiger partial charge in [0.2, 0.25) is 0 Å². The van der Waals surface area contributed by atoms with Gasteiger partial charge in [0.1, 0.15) is 5.69 Å². The van der Waals surface area contributed by atoms with E-state index in [4.69, 9.17) is 5.73 Å². The summed E-state index contributed by atoms with van der Waals surface area (Å²) >= 11 is 0. The second-order valence-electron chi connectivity index (χ2n) is 6.80. The molecule has 1 fully saturated rings. The third kappa shape index (κ3) is 4.15. The molecule has 1 aliphatic carbocycles. The van der Waals surface area contributed by atoms with E-state index in [0.29, 0.717) is 10.2 Å². The standard InChI is InChI=1S/C18H13F3N6O4/c19-18(20,21)14-7-12(9-1-2-9)23-15-8-13(24-26(14)15)17(28)31-25-16(22)10-3-5-11(6-4-10)27(29)30/h3-9H,1-2H2,(H2,22,25). The summed E-state index contributed by atoms with van der Waals surface area (Å²) in [6.07, 6.45) is -3.20. The first kappa shape index (κ1) is 20.3. The number of nitrogens with zero attached hydrogens (tertiary/aromatic N) is 5. The summed E-state index contributed by atoms with van der Waals surface area (Å²) in [5.41, 5.74) is 4.41. The van der Waals surface area contributed by atoms with Gasteiger partial charge in [0, 0.05) is 35.4 Å². The van der Waals surface area contributed by atoms with Crippen LogP contribution in [0.25, 0.3) is 5.65 Å². The van der Waals surface area contributed by atoms with Crippen molar-refractivity contribution in [3.8, 4) is 0 Å². The highest BCUT2D eigenvalue weighted by Gasteiger charge is 2.37. The Bertz CT molecular complexity index is 1220. The number of non-ortho nitro benzene ring substituents is 1. The molecule has 10 nitrogen and oxygen atoms in total. The molecule has 31 heavy (non-hydrogen) atoms. The predicted octanol–water partition coefficient (Wildman–Crippen LogP) is 3.01. The first-order valence-electron chi connectivity index (χ1n) is 8.91. The van der Waals surface area contributed by atoms with Gasteiger partial charge in [-0.25, -0.2) is 14.3 Å². The monoisotopic (exact) mass is 434 g/mol. The van der Waals surface area contributed by atoms with Crippen LogP contribution in [0.3, 0.4) is 0 Å². The lowest BCUT2D eigenvalue weighted by atomic mass is 10.2. The Morgan fingerprint density at radius 1 is 1.26 bits per heavy atom. The molecule has 2 N–H and O–H groups in total. The first-order valence-corrected chi connectivity index (χ1v) is 8.91. The average Bonchev–Trinajstić information content (AvgIpc) is 3.48. The largest absolute Gasteiger partial charge is 0.433 e. The summed E-state index contributed by atoms with van der Waals surface area (Å²) in [7, 11) is 0.